The zero-order valence-electron chi connectivity index (χ0n) is 10.9. The number of likely N-dealkylation sites (tertiary alicyclic amines) is 1. The summed E-state index contributed by atoms with van der Waals surface area (Å²) >= 11 is 0. The second kappa shape index (κ2) is 6.26. The van der Waals surface area contributed by atoms with Crippen molar-refractivity contribution >= 4 is 5.91 Å². The first-order chi connectivity index (χ1) is 9.52. The van der Waals surface area contributed by atoms with Crippen LogP contribution in [0.3, 0.4) is 0 Å². The van der Waals surface area contributed by atoms with Crippen molar-refractivity contribution in [1.29, 1.82) is 0 Å². The van der Waals surface area contributed by atoms with Crippen LogP contribution in [-0.4, -0.2) is 35.6 Å². The summed E-state index contributed by atoms with van der Waals surface area (Å²) in [5, 5.41) is 8.92. The summed E-state index contributed by atoms with van der Waals surface area (Å²) in [5.74, 6) is -4.62. The van der Waals surface area contributed by atoms with Crippen molar-refractivity contribution in [1.82, 2.24) is 4.90 Å². The van der Waals surface area contributed by atoms with Gasteiger partial charge < -0.3 is 10.0 Å². The second-order valence-electron chi connectivity index (χ2n) is 5.03. The van der Waals surface area contributed by atoms with Crippen LogP contribution in [0.4, 0.5) is 13.2 Å². The zero-order chi connectivity index (χ0) is 14.7. The van der Waals surface area contributed by atoms with Crippen molar-refractivity contribution in [3.63, 3.8) is 0 Å². The lowest BCUT2D eigenvalue weighted by Crippen LogP contribution is -2.40. The van der Waals surface area contributed by atoms with Crippen LogP contribution < -0.4 is 0 Å². The van der Waals surface area contributed by atoms with Crippen molar-refractivity contribution in [3.05, 3.63) is 35.1 Å². The van der Waals surface area contributed by atoms with Crippen LogP contribution in [0.25, 0.3) is 0 Å². The van der Waals surface area contributed by atoms with Gasteiger partial charge in [-0.25, -0.2) is 13.2 Å². The number of hydrogen-bond donors (Lipinski definition) is 1. The molecule has 3 nitrogen and oxygen atoms in total. The molecule has 1 saturated heterocycles. The zero-order valence-corrected chi connectivity index (χ0v) is 10.9. The molecule has 2 rings (SSSR count). The van der Waals surface area contributed by atoms with Crippen molar-refractivity contribution in [2.75, 3.05) is 19.7 Å². The largest absolute Gasteiger partial charge is 0.396 e. The number of aliphatic hydroxyl groups excluding tert-OH is 1. The Hall–Kier alpha value is -1.56. The normalized spacial score (nSPS) is 19.2. The molecular weight excluding hydrogens is 271 g/mol. The number of carbonyl (C=O) groups is 1. The molecule has 0 saturated carbocycles. The molecule has 1 atom stereocenters. The minimum absolute atomic E-state index is 0.0481. The molecule has 0 radical (unpaired) electrons. The van der Waals surface area contributed by atoms with Gasteiger partial charge in [-0.05, 0) is 37.3 Å². The summed E-state index contributed by atoms with van der Waals surface area (Å²) in [6, 6.07) is 1.44. The SMILES string of the molecule is O=C(c1cc(F)c(F)c(F)c1)N1CCCC(CCO)C1. The van der Waals surface area contributed by atoms with Gasteiger partial charge >= 0.3 is 0 Å². The van der Waals surface area contributed by atoms with E-state index in [1.165, 1.54) is 4.90 Å². The lowest BCUT2D eigenvalue weighted by atomic mass is 9.94. The number of carbonyl (C=O) groups excluding carboxylic acids is 1. The van der Waals surface area contributed by atoms with Crippen LogP contribution >= 0.6 is 0 Å². The molecule has 20 heavy (non-hydrogen) atoms. The Balaban J connectivity index is 2.14. The summed E-state index contributed by atoms with van der Waals surface area (Å²) < 4.78 is 39.2. The molecule has 6 heteroatoms. The fraction of sp³-hybridized carbons (Fsp3) is 0.500. The van der Waals surface area contributed by atoms with E-state index >= 15 is 0 Å². The fourth-order valence-electron chi connectivity index (χ4n) is 2.53. The first-order valence-corrected chi connectivity index (χ1v) is 6.57. The fourth-order valence-corrected chi connectivity index (χ4v) is 2.53. The molecular formula is C14H16F3NO2. The van der Waals surface area contributed by atoms with Crippen molar-refractivity contribution < 1.29 is 23.1 Å². The van der Waals surface area contributed by atoms with Gasteiger partial charge in [0.05, 0.1) is 0 Å². The lowest BCUT2D eigenvalue weighted by Gasteiger charge is -2.32. The van der Waals surface area contributed by atoms with E-state index in [0.29, 0.717) is 19.5 Å². The highest BCUT2D eigenvalue weighted by Gasteiger charge is 2.25. The number of benzene rings is 1. The van der Waals surface area contributed by atoms with E-state index in [1.54, 1.807) is 0 Å². The molecule has 1 aliphatic heterocycles. The van der Waals surface area contributed by atoms with Crippen LogP contribution in [0.1, 0.15) is 29.6 Å². The summed E-state index contributed by atoms with van der Waals surface area (Å²) in [4.78, 5) is 13.7. The third kappa shape index (κ3) is 3.12. The number of halogens is 3. The highest BCUT2D eigenvalue weighted by atomic mass is 19.2. The minimum Gasteiger partial charge on any atom is -0.396 e. The molecule has 0 aliphatic carbocycles. The molecule has 0 aromatic heterocycles. The molecule has 0 bridgehead atoms. The number of aliphatic hydroxyl groups is 1. The molecule has 110 valence electrons. The number of amides is 1. The molecule has 0 spiro atoms. The Kier molecular flexibility index (Phi) is 4.65. The Morgan fingerprint density at radius 2 is 1.95 bits per heavy atom. The second-order valence-corrected chi connectivity index (χ2v) is 5.03. The lowest BCUT2D eigenvalue weighted by molar-refractivity contribution is 0.0652. The first-order valence-electron chi connectivity index (χ1n) is 6.57. The van der Waals surface area contributed by atoms with E-state index in [4.69, 9.17) is 5.11 Å². The van der Waals surface area contributed by atoms with Gasteiger partial charge in [0.2, 0.25) is 0 Å². The molecule has 1 aromatic carbocycles. The summed E-state index contributed by atoms with van der Waals surface area (Å²) in [7, 11) is 0. The van der Waals surface area contributed by atoms with Crippen LogP contribution in [0, 0.1) is 23.4 Å². The van der Waals surface area contributed by atoms with Gasteiger partial charge in [0.15, 0.2) is 17.5 Å². The molecule has 1 amide bonds. The third-order valence-electron chi connectivity index (χ3n) is 3.57. The molecule has 1 N–H and O–H groups in total. The smallest absolute Gasteiger partial charge is 0.254 e. The van der Waals surface area contributed by atoms with Crippen molar-refractivity contribution in [2.45, 2.75) is 19.3 Å². The van der Waals surface area contributed by atoms with Gasteiger partial charge in [-0.1, -0.05) is 0 Å². The standard InChI is InChI=1S/C14H16F3NO2/c15-11-6-10(7-12(16)13(11)17)14(20)18-4-1-2-9(8-18)3-5-19/h6-7,9,19H,1-5,8H2. The molecule has 1 unspecified atom stereocenters. The summed E-state index contributed by atoms with van der Waals surface area (Å²) in [6.07, 6.45) is 2.29. The predicted molar refractivity (Wildman–Crippen MR) is 66.6 cm³/mol. The highest BCUT2D eigenvalue weighted by Crippen LogP contribution is 2.22. The van der Waals surface area contributed by atoms with Crippen molar-refractivity contribution in [3.8, 4) is 0 Å². The maximum atomic E-state index is 13.1. The number of nitrogens with zero attached hydrogens (tertiary/aromatic N) is 1. The van der Waals surface area contributed by atoms with Gasteiger partial charge in [-0.15, -0.1) is 0 Å². The quantitative estimate of drug-likeness (QED) is 0.867. The van der Waals surface area contributed by atoms with Crippen LogP contribution in [0.5, 0.6) is 0 Å². The Bertz CT molecular complexity index is 482. The number of rotatable bonds is 3. The maximum Gasteiger partial charge on any atom is 0.254 e. The van der Waals surface area contributed by atoms with Crippen LogP contribution in [0.15, 0.2) is 12.1 Å². The van der Waals surface area contributed by atoms with E-state index in [9.17, 15) is 18.0 Å². The van der Waals surface area contributed by atoms with Crippen molar-refractivity contribution in [2.24, 2.45) is 5.92 Å². The maximum absolute atomic E-state index is 13.1. The molecule has 1 aliphatic rings. The Morgan fingerprint density at radius 1 is 1.30 bits per heavy atom. The van der Waals surface area contributed by atoms with Crippen LogP contribution in [-0.2, 0) is 0 Å². The van der Waals surface area contributed by atoms with Crippen LogP contribution in [0.2, 0.25) is 0 Å². The van der Waals surface area contributed by atoms with Gasteiger partial charge in [0.1, 0.15) is 0 Å². The topological polar surface area (TPSA) is 40.5 Å². The summed E-state index contributed by atoms with van der Waals surface area (Å²) in [5.41, 5.74) is -0.189. The van der Waals surface area contributed by atoms with E-state index in [2.05, 4.69) is 0 Å². The van der Waals surface area contributed by atoms with Gasteiger partial charge in [-0.2, -0.15) is 0 Å². The average Bonchev–Trinajstić information content (AvgIpc) is 2.44. The Morgan fingerprint density at radius 3 is 2.55 bits per heavy atom. The van der Waals surface area contributed by atoms with E-state index < -0.39 is 23.4 Å². The molecule has 1 fully saturated rings. The van der Waals surface area contributed by atoms with E-state index in [-0.39, 0.29) is 18.1 Å². The minimum atomic E-state index is -1.57. The van der Waals surface area contributed by atoms with Gasteiger partial charge in [0, 0.05) is 25.3 Å². The molecule has 1 aromatic rings. The van der Waals surface area contributed by atoms with Gasteiger partial charge in [0.25, 0.3) is 5.91 Å². The molecule has 1 heterocycles. The monoisotopic (exact) mass is 287 g/mol. The first kappa shape index (κ1) is 14.8. The predicted octanol–water partition coefficient (Wildman–Crippen LogP) is 2.34. The Labute approximate surface area is 115 Å². The van der Waals surface area contributed by atoms with E-state index in [1.807, 2.05) is 0 Å². The number of piperidine rings is 1. The average molecular weight is 287 g/mol. The third-order valence-corrected chi connectivity index (χ3v) is 3.57. The highest BCUT2D eigenvalue weighted by molar-refractivity contribution is 5.94. The van der Waals surface area contributed by atoms with Gasteiger partial charge in [-0.3, -0.25) is 4.79 Å². The summed E-state index contributed by atoms with van der Waals surface area (Å²) in [6.45, 7) is 0.994. The number of hydrogen-bond acceptors (Lipinski definition) is 2. The van der Waals surface area contributed by atoms with E-state index in [0.717, 1.165) is 25.0 Å².